The second-order valence-corrected chi connectivity index (χ2v) is 6.67. The van der Waals surface area contributed by atoms with Crippen molar-refractivity contribution in [3.8, 4) is 6.07 Å². The summed E-state index contributed by atoms with van der Waals surface area (Å²) in [5.41, 5.74) is 2.20. The van der Waals surface area contributed by atoms with Gasteiger partial charge in [-0.2, -0.15) is 5.26 Å². The van der Waals surface area contributed by atoms with Crippen molar-refractivity contribution in [2.45, 2.75) is 32.7 Å². The van der Waals surface area contributed by atoms with E-state index in [1.54, 1.807) is 0 Å². The molecule has 2 heterocycles. The van der Waals surface area contributed by atoms with Crippen LogP contribution >= 0.6 is 0 Å². The molecule has 1 amide bonds. The number of nitriles is 1. The number of benzene rings is 1. The van der Waals surface area contributed by atoms with Crippen LogP contribution in [0.3, 0.4) is 0 Å². The van der Waals surface area contributed by atoms with Crippen molar-refractivity contribution in [2.75, 3.05) is 26.2 Å². The Hall–Kier alpha value is -1.86. The molecule has 0 unspecified atom stereocenters. The van der Waals surface area contributed by atoms with Gasteiger partial charge in [0, 0.05) is 26.1 Å². The first-order chi connectivity index (χ1) is 10.6. The maximum absolute atomic E-state index is 12.0. The number of amides is 1. The van der Waals surface area contributed by atoms with Crippen LogP contribution in [0.1, 0.15) is 37.3 Å². The van der Waals surface area contributed by atoms with Crippen LogP contribution < -0.4 is 0 Å². The topological polar surface area (TPSA) is 47.3 Å². The van der Waals surface area contributed by atoms with E-state index in [0.717, 1.165) is 52.0 Å². The molecule has 1 aromatic carbocycles. The molecule has 0 saturated carbocycles. The number of piperidine rings is 1. The zero-order valence-electron chi connectivity index (χ0n) is 13.2. The van der Waals surface area contributed by atoms with Crippen LogP contribution in [0.5, 0.6) is 0 Å². The third-order valence-corrected chi connectivity index (χ3v) is 5.19. The average molecular weight is 297 g/mol. The lowest BCUT2D eigenvalue weighted by molar-refractivity contribution is -0.127. The van der Waals surface area contributed by atoms with Gasteiger partial charge in [-0.1, -0.05) is 12.1 Å². The molecule has 2 saturated heterocycles. The van der Waals surface area contributed by atoms with E-state index in [2.05, 4.69) is 17.9 Å². The van der Waals surface area contributed by atoms with E-state index in [1.807, 2.05) is 29.2 Å². The molecule has 1 spiro atoms. The molecule has 2 aliphatic heterocycles. The number of hydrogen-bond donors (Lipinski definition) is 0. The van der Waals surface area contributed by atoms with Crippen LogP contribution in [0.2, 0.25) is 0 Å². The molecule has 1 aromatic rings. The highest BCUT2D eigenvalue weighted by Gasteiger charge is 2.44. The molecule has 4 nitrogen and oxygen atoms in total. The first-order valence-electron chi connectivity index (χ1n) is 8.13. The molecule has 2 aliphatic rings. The maximum Gasteiger partial charge on any atom is 0.223 e. The van der Waals surface area contributed by atoms with E-state index in [4.69, 9.17) is 5.26 Å². The lowest BCUT2D eigenvalue weighted by atomic mass is 9.77. The van der Waals surface area contributed by atoms with Crippen LogP contribution in [-0.4, -0.2) is 41.9 Å². The molecule has 116 valence electrons. The minimum atomic E-state index is 0.230. The van der Waals surface area contributed by atoms with E-state index in [0.29, 0.717) is 11.5 Å². The van der Waals surface area contributed by atoms with Crippen molar-refractivity contribution in [3.63, 3.8) is 0 Å². The van der Waals surface area contributed by atoms with E-state index in [-0.39, 0.29) is 5.41 Å². The van der Waals surface area contributed by atoms with Crippen molar-refractivity contribution in [1.29, 1.82) is 5.26 Å². The zero-order chi connectivity index (χ0) is 15.6. The molecule has 0 radical (unpaired) electrons. The molecule has 22 heavy (non-hydrogen) atoms. The Morgan fingerprint density at radius 1 is 1.23 bits per heavy atom. The molecule has 2 fully saturated rings. The highest BCUT2D eigenvalue weighted by molar-refractivity contribution is 5.79. The van der Waals surface area contributed by atoms with Gasteiger partial charge in [0.25, 0.3) is 0 Å². The predicted octanol–water partition coefficient (Wildman–Crippen LogP) is 2.39. The van der Waals surface area contributed by atoms with Crippen LogP contribution in [-0.2, 0) is 11.3 Å². The van der Waals surface area contributed by atoms with Crippen LogP contribution in [0.15, 0.2) is 24.3 Å². The minimum absolute atomic E-state index is 0.230. The number of likely N-dealkylation sites (tertiary alicyclic amines) is 2. The minimum Gasteiger partial charge on any atom is -0.342 e. The Morgan fingerprint density at radius 3 is 2.45 bits per heavy atom. The molecular weight excluding hydrogens is 274 g/mol. The van der Waals surface area contributed by atoms with Gasteiger partial charge >= 0.3 is 0 Å². The summed E-state index contributed by atoms with van der Waals surface area (Å²) in [6.45, 7) is 6.92. The molecular formula is C18H23N3O. The molecule has 0 atom stereocenters. The third kappa shape index (κ3) is 3.00. The highest BCUT2D eigenvalue weighted by atomic mass is 16.2. The molecule has 0 bridgehead atoms. The van der Waals surface area contributed by atoms with Crippen molar-refractivity contribution in [3.05, 3.63) is 35.4 Å². The monoisotopic (exact) mass is 297 g/mol. The van der Waals surface area contributed by atoms with Crippen molar-refractivity contribution in [2.24, 2.45) is 5.41 Å². The normalized spacial score (nSPS) is 21.3. The van der Waals surface area contributed by atoms with Gasteiger partial charge in [0.05, 0.1) is 11.6 Å². The first kappa shape index (κ1) is 15.1. The van der Waals surface area contributed by atoms with Gasteiger partial charge < -0.3 is 4.90 Å². The Kier molecular flexibility index (Phi) is 4.17. The summed E-state index contributed by atoms with van der Waals surface area (Å²) in [5.74, 6) is 0.336. The standard InChI is InChI=1S/C18H23N3O/c1-2-21-14-18(11-17(21)22)7-9-20(10-8-18)13-16-5-3-15(12-19)4-6-16/h3-6H,2,7-11,13-14H2,1H3. The number of nitrogens with zero attached hydrogens (tertiary/aromatic N) is 3. The zero-order valence-corrected chi connectivity index (χ0v) is 13.2. The number of hydrogen-bond acceptors (Lipinski definition) is 3. The van der Waals surface area contributed by atoms with Crippen LogP contribution in [0, 0.1) is 16.7 Å². The lowest BCUT2D eigenvalue weighted by Gasteiger charge is -2.38. The SMILES string of the molecule is CCN1CC2(CCN(Cc3ccc(C#N)cc3)CC2)CC1=O. The third-order valence-electron chi connectivity index (χ3n) is 5.19. The first-order valence-corrected chi connectivity index (χ1v) is 8.13. The Balaban J connectivity index is 1.56. The van der Waals surface area contributed by atoms with Gasteiger partial charge in [-0.3, -0.25) is 9.69 Å². The fourth-order valence-electron chi connectivity index (χ4n) is 3.73. The van der Waals surface area contributed by atoms with Crippen molar-refractivity contribution < 1.29 is 4.79 Å². The lowest BCUT2D eigenvalue weighted by Crippen LogP contribution is -2.41. The molecule has 4 heteroatoms. The Labute approximate surface area is 132 Å². The second kappa shape index (κ2) is 6.10. The summed E-state index contributed by atoms with van der Waals surface area (Å²) in [6.07, 6.45) is 2.97. The summed E-state index contributed by atoms with van der Waals surface area (Å²) in [4.78, 5) is 16.5. The van der Waals surface area contributed by atoms with E-state index in [9.17, 15) is 4.79 Å². The van der Waals surface area contributed by atoms with Gasteiger partial charge in [0.15, 0.2) is 0 Å². The van der Waals surface area contributed by atoms with E-state index >= 15 is 0 Å². The van der Waals surface area contributed by atoms with Gasteiger partial charge in [-0.25, -0.2) is 0 Å². The Morgan fingerprint density at radius 2 is 1.91 bits per heavy atom. The van der Waals surface area contributed by atoms with Crippen LogP contribution in [0.25, 0.3) is 0 Å². The summed E-state index contributed by atoms with van der Waals surface area (Å²) in [7, 11) is 0. The Bertz CT molecular complexity index is 579. The van der Waals surface area contributed by atoms with Gasteiger partial charge in [0.2, 0.25) is 5.91 Å². The summed E-state index contributed by atoms with van der Waals surface area (Å²) < 4.78 is 0. The number of carbonyl (C=O) groups is 1. The molecule has 3 rings (SSSR count). The van der Waals surface area contributed by atoms with Gasteiger partial charge in [0.1, 0.15) is 0 Å². The largest absolute Gasteiger partial charge is 0.342 e. The smallest absolute Gasteiger partial charge is 0.223 e. The molecule has 0 aliphatic carbocycles. The number of rotatable bonds is 3. The van der Waals surface area contributed by atoms with Crippen LogP contribution in [0.4, 0.5) is 0 Å². The fourth-order valence-corrected chi connectivity index (χ4v) is 3.73. The summed E-state index contributed by atoms with van der Waals surface area (Å²) in [6, 6.07) is 10.0. The predicted molar refractivity (Wildman–Crippen MR) is 85.0 cm³/mol. The average Bonchev–Trinajstić information content (AvgIpc) is 2.86. The van der Waals surface area contributed by atoms with Gasteiger partial charge in [-0.05, 0) is 56.0 Å². The molecule has 0 aromatic heterocycles. The van der Waals surface area contributed by atoms with Gasteiger partial charge in [-0.15, -0.1) is 0 Å². The maximum atomic E-state index is 12.0. The summed E-state index contributed by atoms with van der Waals surface area (Å²) >= 11 is 0. The second-order valence-electron chi connectivity index (χ2n) is 6.67. The van der Waals surface area contributed by atoms with E-state index in [1.165, 1.54) is 5.56 Å². The highest BCUT2D eigenvalue weighted by Crippen LogP contribution is 2.41. The fraction of sp³-hybridized carbons (Fsp3) is 0.556. The summed E-state index contributed by atoms with van der Waals surface area (Å²) in [5, 5.41) is 8.84. The molecule has 0 N–H and O–H groups in total. The van der Waals surface area contributed by atoms with Crippen molar-refractivity contribution in [1.82, 2.24) is 9.80 Å². The quantitative estimate of drug-likeness (QED) is 0.860. The van der Waals surface area contributed by atoms with Crippen molar-refractivity contribution >= 4 is 5.91 Å². The van der Waals surface area contributed by atoms with E-state index < -0.39 is 0 Å². The number of carbonyl (C=O) groups excluding carboxylic acids is 1.